The second-order valence-corrected chi connectivity index (χ2v) is 8.34. The molecule has 0 saturated carbocycles. The van der Waals surface area contributed by atoms with Gasteiger partial charge in [-0.25, -0.2) is 4.79 Å². The highest BCUT2D eigenvalue weighted by Gasteiger charge is 2.40. The first-order valence-corrected chi connectivity index (χ1v) is 10.7. The van der Waals surface area contributed by atoms with E-state index in [0.29, 0.717) is 13.0 Å². The zero-order valence-corrected chi connectivity index (χ0v) is 19.1. The quantitative estimate of drug-likeness (QED) is 0.575. The highest BCUT2D eigenvalue weighted by Crippen LogP contribution is 2.32. The Labute approximate surface area is 190 Å². The van der Waals surface area contributed by atoms with E-state index in [4.69, 9.17) is 9.84 Å². The summed E-state index contributed by atoms with van der Waals surface area (Å²) in [4.78, 5) is 26.7. The van der Waals surface area contributed by atoms with E-state index >= 15 is 0 Å². The van der Waals surface area contributed by atoms with Gasteiger partial charge in [-0.2, -0.15) is 0 Å². The molecule has 1 unspecified atom stereocenters. The first-order chi connectivity index (χ1) is 14.4. The van der Waals surface area contributed by atoms with Gasteiger partial charge >= 0.3 is 5.97 Å². The summed E-state index contributed by atoms with van der Waals surface area (Å²) in [6.07, 6.45) is 3.46. The van der Waals surface area contributed by atoms with Gasteiger partial charge in [-0.1, -0.05) is 37.3 Å². The molecule has 1 heterocycles. The molecule has 1 aliphatic rings. The third-order valence-electron chi connectivity index (χ3n) is 6.23. The van der Waals surface area contributed by atoms with Crippen molar-refractivity contribution in [3.63, 3.8) is 0 Å². The lowest BCUT2D eigenvalue weighted by molar-refractivity contribution is -0.133. The van der Waals surface area contributed by atoms with Crippen molar-refractivity contribution in [2.24, 2.45) is 0 Å². The molecule has 168 valence electrons. The summed E-state index contributed by atoms with van der Waals surface area (Å²) >= 11 is 0. The number of aromatic carboxylic acids is 1. The maximum Gasteiger partial charge on any atom is 0.335 e. The molecule has 31 heavy (non-hydrogen) atoms. The number of hydrogen-bond acceptors (Lipinski definition) is 4. The van der Waals surface area contributed by atoms with Crippen molar-refractivity contribution in [2.75, 3.05) is 19.7 Å². The van der Waals surface area contributed by atoms with E-state index in [2.05, 4.69) is 11.8 Å². The van der Waals surface area contributed by atoms with Crippen molar-refractivity contribution in [2.45, 2.75) is 51.0 Å². The Balaban J connectivity index is 0.00000341. The summed E-state index contributed by atoms with van der Waals surface area (Å²) in [5.74, 6) is 0.201. The normalized spacial score (nSPS) is 19.8. The topological polar surface area (TPSA) is 66.8 Å². The molecule has 2 aromatic rings. The molecular weight excluding hydrogens is 414 g/mol. The van der Waals surface area contributed by atoms with E-state index in [0.717, 1.165) is 43.7 Å². The fourth-order valence-electron chi connectivity index (χ4n) is 4.21. The van der Waals surface area contributed by atoms with Gasteiger partial charge in [0.2, 0.25) is 0 Å². The van der Waals surface area contributed by atoms with Gasteiger partial charge in [0.25, 0.3) is 0 Å². The Morgan fingerprint density at radius 3 is 2.42 bits per heavy atom. The highest BCUT2D eigenvalue weighted by molar-refractivity contribution is 5.89. The van der Waals surface area contributed by atoms with Gasteiger partial charge in [-0.15, -0.1) is 12.4 Å². The van der Waals surface area contributed by atoms with Gasteiger partial charge in [-0.05, 0) is 68.5 Å². The lowest BCUT2D eigenvalue weighted by atomic mass is 9.80. The van der Waals surface area contributed by atoms with E-state index in [9.17, 15) is 9.59 Å². The number of benzene rings is 2. The van der Waals surface area contributed by atoms with Crippen LogP contribution in [0.1, 0.15) is 61.4 Å². The van der Waals surface area contributed by atoms with Crippen LogP contribution in [0.15, 0.2) is 54.6 Å². The molecule has 2 atom stereocenters. The van der Waals surface area contributed by atoms with Gasteiger partial charge in [0, 0.05) is 13.0 Å². The number of para-hydroxylation sites is 1. The number of piperidine rings is 1. The molecule has 1 aliphatic heterocycles. The van der Waals surface area contributed by atoms with Crippen molar-refractivity contribution in [1.82, 2.24) is 4.90 Å². The number of rotatable bonds is 9. The van der Waals surface area contributed by atoms with Gasteiger partial charge in [0.1, 0.15) is 12.4 Å². The molecule has 2 aromatic carbocycles. The number of carbonyl (C=O) groups is 2. The molecule has 1 fully saturated rings. The van der Waals surface area contributed by atoms with Crippen LogP contribution in [0.3, 0.4) is 0 Å². The van der Waals surface area contributed by atoms with Crippen LogP contribution in [0.5, 0.6) is 5.75 Å². The minimum absolute atomic E-state index is 0. The Kier molecular flexibility index (Phi) is 9.08. The standard InChI is InChI=1S/C25H31NO4.ClH/c1-19(20-10-12-21(13-11-20)24(28)29)18-23(27)25(2)14-6-7-15-26(25)16-17-30-22-8-4-3-5-9-22;/h3-5,8-13,19H,6-7,14-18H2,1-2H3,(H,28,29);1H/t19-,25?;/m1./s1. The lowest BCUT2D eigenvalue weighted by Gasteiger charge is -2.44. The SMILES string of the molecule is C[C@H](CC(=O)C1(C)CCCCN1CCOc1ccccc1)c1ccc(C(=O)O)cc1.Cl. The molecule has 5 nitrogen and oxygen atoms in total. The molecule has 1 saturated heterocycles. The van der Waals surface area contributed by atoms with E-state index in [-0.39, 0.29) is 29.7 Å². The summed E-state index contributed by atoms with van der Waals surface area (Å²) in [6, 6.07) is 16.6. The van der Waals surface area contributed by atoms with Crippen molar-refractivity contribution in [3.05, 3.63) is 65.7 Å². The van der Waals surface area contributed by atoms with E-state index in [1.165, 1.54) is 0 Å². The molecule has 0 aromatic heterocycles. The van der Waals surface area contributed by atoms with E-state index in [1.54, 1.807) is 12.1 Å². The van der Waals surface area contributed by atoms with Crippen LogP contribution in [-0.4, -0.2) is 47.0 Å². The number of Topliss-reactive ketones (excluding diaryl/α,β-unsaturated/α-hetero) is 1. The number of carboxylic acid groups (broad SMARTS) is 1. The largest absolute Gasteiger partial charge is 0.492 e. The third-order valence-corrected chi connectivity index (χ3v) is 6.23. The van der Waals surface area contributed by atoms with Crippen molar-refractivity contribution in [3.8, 4) is 5.75 Å². The second-order valence-electron chi connectivity index (χ2n) is 8.34. The lowest BCUT2D eigenvalue weighted by Crippen LogP contribution is -2.56. The fourth-order valence-corrected chi connectivity index (χ4v) is 4.21. The maximum atomic E-state index is 13.3. The highest BCUT2D eigenvalue weighted by atomic mass is 35.5. The summed E-state index contributed by atoms with van der Waals surface area (Å²) in [6.45, 7) is 6.28. The van der Waals surface area contributed by atoms with E-state index in [1.807, 2.05) is 49.4 Å². The molecule has 0 radical (unpaired) electrons. The van der Waals surface area contributed by atoms with E-state index < -0.39 is 11.5 Å². The zero-order valence-electron chi connectivity index (χ0n) is 18.3. The molecule has 0 spiro atoms. The molecule has 0 amide bonds. The third kappa shape index (κ3) is 6.31. The molecule has 6 heteroatoms. The molecule has 3 rings (SSSR count). The van der Waals surface area contributed by atoms with Gasteiger partial charge in [0.05, 0.1) is 11.1 Å². The van der Waals surface area contributed by atoms with Gasteiger partial charge in [0.15, 0.2) is 5.78 Å². The number of carbonyl (C=O) groups excluding carboxylic acids is 1. The van der Waals surface area contributed by atoms with Crippen molar-refractivity contribution < 1.29 is 19.4 Å². The minimum atomic E-state index is -0.937. The predicted octanol–water partition coefficient (Wildman–Crippen LogP) is 5.19. The molecule has 1 N–H and O–H groups in total. The average molecular weight is 446 g/mol. The minimum Gasteiger partial charge on any atom is -0.492 e. The number of ether oxygens (including phenoxy) is 1. The van der Waals surface area contributed by atoms with Crippen LogP contribution in [0.4, 0.5) is 0 Å². The Hall–Kier alpha value is -2.37. The molecule has 0 bridgehead atoms. The maximum absolute atomic E-state index is 13.3. The van der Waals surface area contributed by atoms with Gasteiger partial charge in [-0.3, -0.25) is 9.69 Å². The fraction of sp³-hybridized carbons (Fsp3) is 0.440. The average Bonchev–Trinajstić information content (AvgIpc) is 2.76. The van der Waals surface area contributed by atoms with Crippen LogP contribution < -0.4 is 4.74 Å². The summed E-state index contributed by atoms with van der Waals surface area (Å²) < 4.78 is 5.86. The van der Waals surface area contributed by atoms with Gasteiger partial charge < -0.3 is 9.84 Å². The second kappa shape index (κ2) is 11.3. The zero-order chi connectivity index (χ0) is 21.6. The summed E-state index contributed by atoms with van der Waals surface area (Å²) in [5, 5.41) is 9.07. The first-order valence-electron chi connectivity index (χ1n) is 10.7. The Morgan fingerprint density at radius 2 is 1.77 bits per heavy atom. The molecular formula is C25H32ClNO4. The monoisotopic (exact) mass is 445 g/mol. The summed E-state index contributed by atoms with van der Waals surface area (Å²) in [7, 11) is 0. The van der Waals surface area contributed by atoms with Crippen molar-refractivity contribution in [1.29, 1.82) is 0 Å². The predicted molar refractivity (Wildman–Crippen MR) is 124 cm³/mol. The smallest absolute Gasteiger partial charge is 0.335 e. The Bertz CT molecular complexity index is 856. The number of halogens is 1. The number of carboxylic acids is 1. The van der Waals surface area contributed by atoms with Crippen LogP contribution in [0, 0.1) is 0 Å². The number of nitrogens with zero attached hydrogens (tertiary/aromatic N) is 1. The van der Waals surface area contributed by atoms with Crippen molar-refractivity contribution >= 4 is 24.2 Å². The number of ketones is 1. The number of likely N-dealkylation sites (tertiary alicyclic amines) is 1. The van der Waals surface area contributed by atoms with Crippen LogP contribution >= 0.6 is 12.4 Å². The molecule has 0 aliphatic carbocycles. The number of hydrogen-bond donors (Lipinski definition) is 1. The Morgan fingerprint density at radius 1 is 1.10 bits per heavy atom. The first kappa shape index (κ1) is 24.9. The van der Waals surface area contributed by atoms with Crippen LogP contribution in [-0.2, 0) is 4.79 Å². The van der Waals surface area contributed by atoms with Crippen LogP contribution in [0.2, 0.25) is 0 Å². The summed E-state index contributed by atoms with van der Waals surface area (Å²) in [5.41, 5.74) is 0.779. The van der Waals surface area contributed by atoms with Crippen LogP contribution in [0.25, 0.3) is 0 Å².